The molecule has 0 atom stereocenters. The molecule has 0 amide bonds. The Bertz CT molecular complexity index is 313. The minimum absolute atomic E-state index is 0.474. The van der Waals surface area contributed by atoms with Gasteiger partial charge in [-0.15, -0.1) is 11.8 Å². The van der Waals surface area contributed by atoms with E-state index in [1.54, 1.807) is 5.56 Å². The Morgan fingerprint density at radius 3 is 2.64 bits per heavy atom. The van der Waals surface area contributed by atoms with Crippen LogP contribution in [0.2, 0.25) is 0 Å². The molecule has 1 aliphatic rings. The minimum atomic E-state index is 0.474. The molecular formula is C13H18S. The molecule has 0 aliphatic carbocycles. The van der Waals surface area contributed by atoms with Gasteiger partial charge in [-0.3, -0.25) is 0 Å². The standard InChI is InChI=1S/C13H18S/c1-3-13(4-2)9-10-14-12-8-6-5-7-11(12)13/h5-8H,3-4,9-10H2,1-2H3. The van der Waals surface area contributed by atoms with Crippen molar-refractivity contribution in [2.24, 2.45) is 0 Å². The van der Waals surface area contributed by atoms with Crippen molar-refractivity contribution >= 4 is 11.8 Å². The summed E-state index contributed by atoms with van der Waals surface area (Å²) in [5.74, 6) is 1.29. The van der Waals surface area contributed by atoms with Gasteiger partial charge in [0, 0.05) is 4.90 Å². The molecule has 14 heavy (non-hydrogen) atoms. The van der Waals surface area contributed by atoms with E-state index in [4.69, 9.17) is 0 Å². The molecule has 1 heterocycles. The Morgan fingerprint density at radius 2 is 1.93 bits per heavy atom. The molecule has 1 heteroatoms. The summed E-state index contributed by atoms with van der Waals surface area (Å²) in [7, 11) is 0. The molecule has 0 saturated carbocycles. The molecule has 0 fully saturated rings. The first-order valence-corrected chi connectivity index (χ1v) is 6.53. The Balaban J connectivity index is 2.48. The third kappa shape index (κ3) is 1.48. The van der Waals surface area contributed by atoms with E-state index < -0.39 is 0 Å². The van der Waals surface area contributed by atoms with Gasteiger partial charge in [-0.05, 0) is 42.1 Å². The summed E-state index contributed by atoms with van der Waals surface area (Å²) < 4.78 is 0. The molecule has 0 radical (unpaired) electrons. The highest BCUT2D eigenvalue weighted by molar-refractivity contribution is 7.99. The molecule has 1 aromatic carbocycles. The van der Waals surface area contributed by atoms with Crippen LogP contribution in [0.1, 0.15) is 38.7 Å². The topological polar surface area (TPSA) is 0 Å². The molecule has 76 valence electrons. The average Bonchev–Trinajstić information content (AvgIpc) is 2.28. The van der Waals surface area contributed by atoms with Gasteiger partial charge in [0.25, 0.3) is 0 Å². The normalized spacial score (nSPS) is 19.0. The van der Waals surface area contributed by atoms with Crippen molar-refractivity contribution in [3.63, 3.8) is 0 Å². The number of fused-ring (bicyclic) bond motifs is 1. The quantitative estimate of drug-likeness (QED) is 0.697. The van der Waals surface area contributed by atoms with Crippen molar-refractivity contribution < 1.29 is 0 Å². The van der Waals surface area contributed by atoms with Crippen LogP contribution in [0.4, 0.5) is 0 Å². The van der Waals surface area contributed by atoms with E-state index in [1.807, 2.05) is 11.8 Å². The van der Waals surface area contributed by atoms with Gasteiger partial charge >= 0.3 is 0 Å². The molecule has 0 saturated heterocycles. The van der Waals surface area contributed by atoms with Crippen molar-refractivity contribution in [2.75, 3.05) is 5.75 Å². The fraction of sp³-hybridized carbons (Fsp3) is 0.538. The predicted octanol–water partition coefficient (Wildman–Crippen LogP) is 4.24. The lowest BCUT2D eigenvalue weighted by Gasteiger charge is -2.37. The lowest BCUT2D eigenvalue weighted by Crippen LogP contribution is -2.28. The van der Waals surface area contributed by atoms with Crippen LogP contribution in [0.25, 0.3) is 0 Å². The summed E-state index contributed by atoms with van der Waals surface area (Å²) in [6.45, 7) is 4.66. The van der Waals surface area contributed by atoms with Crippen LogP contribution in [-0.4, -0.2) is 5.75 Å². The predicted molar refractivity (Wildman–Crippen MR) is 64.0 cm³/mol. The molecule has 1 aromatic rings. The van der Waals surface area contributed by atoms with Crippen molar-refractivity contribution in [1.82, 2.24) is 0 Å². The molecule has 0 N–H and O–H groups in total. The summed E-state index contributed by atoms with van der Waals surface area (Å²) in [5, 5.41) is 0. The van der Waals surface area contributed by atoms with Crippen molar-refractivity contribution in [3.05, 3.63) is 29.8 Å². The van der Waals surface area contributed by atoms with Gasteiger partial charge < -0.3 is 0 Å². The van der Waals surface area contributed by atoms with Crippen LogP contribution in [0.5, 0.6) is 0 Å². The van der Waals surface area contributed by atoms with Gasteiger partial charge in [0.05, 0.1) is 0 Å². The zero-order valence-electron chi connectivity index (χ0n) is 9.05. The minimum Gasteiger partial charge on any atom is -0.126 e. The molecule has 0 bridgehead atoms. The maximum atomic E-state index is 2.33. The van der Waals surface area contributed by atoms with Gasteiger partial charge in [-0.25, -0.2) is 0 Å². The van der Waals surface area contributed by atoms with Gasteiger partial charge in [-0.2, -0.15) is 0 Å². The Labute approximate surface area is 91.1 Å². The van der Waals surface area contributed by atoms with E-state index in [0.29, 0.717) is 5.41 Å². The highest BCUT2D eigenvalue weighted by Crippen LogP contribution is 2.45. The Kier molecular flexibility index (Phi) is 2.87. The van der Waals surface area contributed by atoms with Crippen molar-refractivity contribution in [1.29, 1.82) is 0 Å². The van der Waals surface area contributed by atoms with E-state index in [1.165, 1.54) is 29.9 Å². The van der Waals surface area contributed by atoms with Crippen LogP contribution in [0.15, 0.2) is 29.2 Å². The second-order valence-electron chi connectivity index (χ2n) is 4.08. The Hall–Kier alpha value is -0.430. The zero-order valence-corrected chi connectivity index (χ0v) is 9.86. The lowest BCUT2D eigenvalue weighted by atomic mass is 9.73. The molecule has 2 rings (SSSR count). The SMILES string of the molecule is CCC1(CC)CCSc2ccccc21. The van der Waals surface area contributed by atoms with Gasteiger partial charge in [-0.1, -0.05) is 32.0 Å². The van der Waals surface area contributed by atoms with E-state index in [9.17, 15) is 0 Å². The van der Waals surface area contributed by atoms with E-state index >= 15 is 0 Å². The van der Waals surface area contributed by atoms with Crippen LogP contribution in [0, 0.1) is 0 Å². The summed E-state index contributed by atoms with van der Waals surface area (Å²) in [4.78, 5) is 1.52. The van der Waals surface area contributed by atoms with E-state index in [-0.39, 0.29) is 0 Å². The van der Waals surface area contributed by atoms with Crippen LogP contribution < -0.4 is 0 Å². The third-order valence-electron chi connectivity index (χ3n) is 3.65. The summed E-state index contributed by atoms with van der Waals surface area (Å²) in [6.07, 6.45) is 3.91. The lowest BCUT2D eigenvalue weighted by molar-refractivity contribution is 0.373. The van der Waals surface area contributed by atoms with Gasteiger partial charge in [0.1, 0.15) is 0 Å². The van der Waals surface area contributed by atoms with E-state index in [0.717, 1.165) is 0 Å². The fourth-order valence-corrected chi connectivity index (χ4v) is 3.83. The second kappa shape index (κ2) is 3.98. The van der Waals surface area contributed by atoms with Gasteiger partial charge in [0.15, 0.2) is 0 Å². The fourth-order valence-electron chi connectivity index (χ4n) is 2.51. The number of hydrogen-bond donors (Lipinski definition) is 0. The monoisotopic (exact) mass is 206 g/mol. The first kappa shape index (κ1) is 10.1. The van der Waals surface area contributed by atoms with Crippen LogP contribution in [0.3, 0.4) is 0 Å². The molecule has 0 spiro atoms. The molecule has 0 nitrogen and oxygen atoms in total. The molecule has 1 aliphatic heterocycles. The number of benzene rings is 1. The van der Waals surface area contributed by atoms with Crippen LogP contribution in [-0.2, 0) is 5.41 Å². The maximum absolute atomic E-state index is 2.33. The highest BCUT2D eigenvalue weighted by atomic mass is 32.2. The largest absolute Gasteiger partial charge is 0.126 e. The summed E-state index contributed by atoms with van der Waals surface area (Å²) in [6, 6.07) is 8.95. The molecule has 0 unspecified atom stereocenters. The van der Waals surface area contributed by atoms with E-state index in [2.05, 4.69) is 38.1 Å². The maximum Gasteiger partial charge on any atom is 0.0110 e. The highest BCUT2D eigenvalue weighted by Gasteiger charge is 2.33. The number of hydrogen-bond acceptors (Lipinski definition) is 1. The second-order valence-corrected chi connectivity index (χ2v) is 5.22. The first-order valence-electron chi connectivity index (χ1n) is 5.55. The third-order valence-corrected chi connectivity index (χ3v) is 4.73. The molecule has 0 aromatic heterocycles. The first-order chi connectivity index (χ1) is 6.82. The molecular weight excluding hydrogens is 188 g/mol. The van der Waals surface area contributed by atoms with Gasteiger partial charge in [0.2, 0.25) is 0 Å². The number of rotatable bonds is 2. The summed E-state index contributed by atoms with van der Waals surface area (Å²) >= 11 is 2.02. The van der Waals surface area contributed by atoms with Crippen LogP contribution >= 0.6 is 11.8 Å². The van der Waals surface area contributed by atoms with Crippen molar-refractivity contribution in [3.8, 4) is 0 Å². The smallest absolute Gasteiger partial charge is 0.0110 e. The zero-order chi connectivity index (χ0) is 10.0. The summed E-state index contributed by atoms with van der Waals surface area (Å²) in [5.41, 5.74) is 2.07. The van der Waals surface area contributed by atoms with Crippen molar-refractivity contribution in [2.45, 2.75) is 43.4 Å². The Morgan fingerprint density at radius 1 is 1.21 bits per heavy atom. The number of thioether (sulfide) groups is 1. The average molecular weight is 206 g/mol.